The fourth-order valence-corrected chi connectivity index (χ4v) is 3.35. The zero-order chi connectivity index (χ0) is 14.1. The Bertz CT molecular complexity index is 634. The average molecular weight is 274 g/mol. The monoisotopic (exact) mass is 274 g/mol. The number of hydrogen-bond donors (Lipinski definition) is 2. The number of para-hydroxylation sites is 1. The number of aromatic nitrogens is 2. The first-order valence-electron chi connectivity index (χ1n) is 7.52. The Morgan fingerprint density at radius 2 is 1.80 bits per heavy atom. The maximum atomic E-state index is 10.6. The lowest BCUT2D eigenvalue weighted by atomic mass is 9.95. The van der Waals surface area contributed by atoms with Crippen LogP contribution in [0.25, 0.3) is 10.9 Å². The van der Waals surface area contributed by atoms with Gasteiger partial charge in [-0.25, -0.2) is 0 Å². The summed E-state index contributed by atoms with van der Waals surface area (Å²) in [4.78, 5) is 0. The fourth-order valence-electron chi connectivity index (χ4n) is 3.35. The lowest BCUT2D eigenvalue weighted by molar-refractivity contribution is -0.833. The van der Waals surface area contributed by atoms with Crippen LogP contribution in [-0.2, 0) is 6.54 Å². The Morgan fingerprint density at radius 3 is 2.50 bits per heavy atom. The third kappa shape index (κ3) is 1.99. The summed E-state index contributed by atoms with van der Waals surface area (Å²) in [6, 6.07) is 8.06. The Morgan fingerprint density at radius 1 is 1.10 bits per heavy atom. The molecular formula is C16H22N2O2+2. The van der Waals surface area contributed by atoms with E-state index in [2.05, 4.69) is 0 Å². The molecule has 0 radical (unpaired) electrons. The maximum absolute atomic E-state index is 10.6. The summed E-state index contributed by atoms with van der Waals surface area (Å²) >= 11 is 0. The van der Waals surface area contributed by atoms with E-state index in [1.807, 2.05) is 35.8 Å². The van der Waals surface area contributed by atoms with Crippen LogP contribution in [0.2, 0.25) is 0 Å². The summed E-state index contributed by atoms with van der Waals surface area (Å²) in [7, 11) is 0. The van der Waals surface area contributed by atoms with Gasteiger partial charge in [-0.3, -0.25) is 0 Å². The standard InChI is InChI=1S/C16H20N2O2/c1-2-17-14-11-7-6-10-13(14)15(19)18(16(17)20)12-8-4-3-5-9-12/h6-7,10-12H,2-5,8-9H2,1H3/p+2. The fraction of sp³-hybridized carbons (Fsp3) is 0.500. The molecular weight excluding hydrogens is 252 g/mol. The number of benzene rings is 1. The van der Waals surface area contributed by atoms with Gasteiger partial charge < -0.3 is 10.2 Å². The molecule has 0 unspecified atom stereocenters. The molecule has 0 bridgehead atoms. The summed E-state index contributed by atoms with van der Waals surface area (Å²) in [5, 5.41) is 22.0. The van der Waals surface area contributed by atoms with Crippen LogP contribution in [0.15, 0.2) is 24.3 Å². The molecule has 1 heterocycles. The molecule has 4 heteroatoms. The number of fused-ring (bicyclic) bond motifs is 1. The molecule has 0 aliphatic heterocycles. The van der Waals surface area contributed by atoms with Crippen molar-refractivity contribution in [3.63, 3.8) is 0 Å². The summed E-state index contributed by atoms with van der Waals surface area (Å²) in [6.07, 6.45) is 5.62. The maximum Gasteiger partial charge on any atom is 0.632 e. The molecule has 1 aromatic heterocycles. The normalized spacial score (nSPS) is 16.6. The first kappa shape index (κ1) is 13.2. The minimum absolute atomic E-state index is 0.163. The highest BCUT2D eigenvalue weighted by molar-refractivity contribution is 5.79. The molecule has 1 aliphatic carbocycles. The molecule has 3 rings (SSSR count). The zero-order valence-electron chi connectivity index (χ0n) is 11.9. The molecule has 106 valence electrons. The van der Waals surface area contributed by atoms with Gasteiger partial charge in [-0.1, -0.05) is 27.7 Å². The number of aryl methyl sites for hydroxylation is 1. The highest BCUT2D eigenvalue weighted by Crippen LogP contribution is 2.29. The van der Waals surface area contributed by atoms with Crippen LogP contribution in [0, 0.1) is 0 Å². The summed E-state index contributed by atoms with van der Waals surface area (Å²) in [5.74, 6) is 0.190. The lowest BCUT2D eigenvalue weighted by Crippen LogP contribution is -2.50. The van der Waals surface area contributed by atoms with Crippen LogP contribution in [0.5, 0.6) is 11.9 Å². The summed E-state index contributed by atoms with van der Waals surface area (Å²) in [5.41, 5.74) is 0.872. The highest BCUT2D eigenvalue weighted by Gasteiger charge is 2.38. The van der Waals surface area contributed by atoms with Crippen LogP contribution < -0.4 is 9.13 Å². The molecule has 1 saturated carbocycles. The van der Waals surface area contributed by atoms with E-state index in [0.29, 0.717) is 6.54 Å². The van der Waals surface area contributed by atoms with Gasteiger partial charge in [0.2, 0.25) is 5.52 Å². The van der Waals surface area contributed by atoms with Gasteiger partial charge in [0.25, 0.3) is 0 Å². The summed E-state index contributed by atoms with van der Waals surface area (Å²) in [6.45, 7) is 2.69. The minimum Gasteiger partial charge on any atom is -0.459 e. The van der Waals surface area contributed by atoms with Gasteiger partial charge in [0.15, 0.2) is 18.0 Å². The Hall–Kier alpha value is -1.84. The van der Waals surface area contributed by atoms with Crippen molar-refractivity contribution in [2.24, 2.45) is 0 Å². The van der Waals surface area contributed by atoms with Gasteiger partial charge >= 0.3 is 11.9 Å². The van der Waals surface area contributed by atoms with Crippen LogP contribution in [0.1, 0.15) is 45.1 Å². The van der Waals surface area contributed by atoms with Crippen LogP contribution in [0.4, 0.5) is 0 Å². The van der Waals surface area contributed by atoms with Crippen molar-refractivity contribution >= 4 is 10.9 Å². The second-order valence-electron chi connectivity index (χ2n) is 5.55. The molecule has 4 nitrogen and oxygen atoms in total. The Kier molecular flexibility index (Phi) is 3.47. The average Bonchev–Trinajstić information content (AvgIpc) is 2.49. The van der Waals surface area contributed by atoms with E-state index in [0.717, 1.165) is 36.6 Å². The van der Waals surface area contributed by atoms with E-state index in [1.54, 1.807) is 4.57 Å². The van der Waals surface area contributed by atoms with Gasteiger partial charge in [0, 0.05) is 18.9 Å². The molecule has 2 aromatic rings. The summed E-state index contributed by atoms with van der Waals surface area (Å²) < 4.78 is 3.59. The van der Waals surface area contributed by atoms with Crippen molar-refractivity contribution in [3.05, 3.63) is 24.3 Å². The van der Waals surface area contributed by atoms with Crippen molar-refractivity contribution in [2.45, 2.75) is 51.6 Å². The van der Waals surface area contributed by atoms with E-state index in [-0.39, 0.29) is 17.9 Å². The largest absolute Gasteiger partial charge is 0.632 e. The van der Waals surface area contributed by atoms with E-state index in [4.69, 9.17) is 0 Å². The van der Waals surface area contributed by atoms with Crippen molar-refractivity contribution in [1.29, 1.82) is 0 Å². The first-order valence-corrected chi connectivity index (χ1v) is 7.52. The SMILES string of the molecule is CC[n+]1c(O)[n+](C2CCCCC2)c(O)c2ccccc21. The van der Waals surface area contributed by atoms with Crippen LogP contribution in [-0.4, -0.2) is 10.2 Å². The van der Waals surface area contributed by atoms with Crippen LogP contribution >= 0.6 is 0 Å². The quantitative estimate of drug-likeness (QED) is 0.826. The highest BCUT2D eigenvalue weighted by atomic mass is 16.3. The van der Waals surface area contributed by atoms with E-state index in [1.165, 1.54) is 6.42 Å². The number of nitrogens with zero attached hydrogens (tertiary/aromatic N) is 2. The molecule has 1 aromatic carbocycles. The molecule has 1 aliphatic rings. The van der Waals surface area contributed by atoms with Gasteiger partial charge in [-0.15, -0.1) is 0 Å². The molecule has 20 heavy (non-hydrogen) atoms. The van der Waals surface area contributed by atoms with Gasteiger partial charge in [0.05, 0.1) is 0 Å². The predicted molar refractivity (Wildman–Crippen MR) is 75.5 cm³/mol. The molecule has 0 spiro atoms. The smallest absolute Gasteiger partial charge is 0.459 e. The number of rotatable bonds is 2. The second-order valence-corrected chi connectivity index (χ2v) is 5.55. The number of aromatic hydroxyl groups is 2. The first-order chi connectivity index (χ1) is 9.74. The lowest BCUT2D eigenvalue weighted by Gasteiger charge is -2.17. The van der Waals surface area contributed by atoms with Crippen molar-refractivity contribution < 1.29 is 19.3 Å². The minimum atomic E-state index is 0.163. The Labute approximate surface area is 118 Å². The van der Waals surface area contributed by atoms with Crippen LogP contribution in [0.3, 0.4) is 0 Å². The van der Waals surface area contributed by atoms with Gasteiger partial charge in [0.1, 0.15) is 0 Å². The second kappa shape index (κ2) is 5.27. The predicted octanol–water partition coefficient (Wildman–Crippen LogP) is 2.35. The van der Waals surface area contributed by atoms with Crippen molar-refractivity contribution in [1.82, 2.24) is 0 Å². The van der Waals surface area contributed by atoms with E-state index >= 15 is 0 Å². The zero-order valence-corrected chi connectivity index (χ0v) is 11.9. The van der Waals surface area contributed by atoms with E-state index in [9.17, 15) is 10.2 Å². The molecule has 0 atom stereocenters. The Balaban J connectivity index is 2.25. The van der Waals surface area contributed by atoms with Gasteiger partial charge in [-0.2, -0.15) is 0 Å². The third-order valence-corrected chi connectivity index (χ3v) is 4.38. The number of hydrogen-bond acceptors (Lipinski definition) is 2. The molecule has 0 amide bonds. The topological polar surface area (TPSA) is 48.2 Å². The van der Waals surface area contributed by atoms with Gasteiger partial charge in [-0.05, 0) is 25.8 Å². The van der Waals surface area contributed by atoms with Crippen molar-refractivity contribution in [3.8, 4) is 11.9 Å². The third-order valence-electron chi connectivity index (χ3n) is 4.38. The molecule has 0 saturated heterocycles. The van der Waals surface area contributed by atoms with Crippen molar-refractivity contribution in [2.75, 3.05) is 0 Å². The molecule has 1 fully saturated rings. The van der Waals surface area contributed by atoms with E-state index < -0.39 is 0 Å². The molecule has 2 N–H and O–H groups in total.